The SMILES string of the molecule is O=C1CCCc2nc3nc(SCc4cccc5ccccc45)nn3cc21. The molecule has 6 heteroatoms. The van der Waals surface area contributed by atoms with Crippen LogP contribution in [-0.4, -0.2) is 25.4 Å². The van der Waals surface area contributed by atoms with Gasteiger partial charge in [-0.05, 0) is 29.2 Å². The monoisotopic (exact) mass is 360 g/mol. The second-order valence-corrected chi connectivity index (χ2v) is 7.39. The van der Waals surface area contributed by atoms with E-state index in [9.17, 15) is 4.79 Å². The Morgan fingerprint density at radius 2 is 1.92 bits per heavy atom. The maximum absolute atomic E-state index is 12.1. The zero-order chi connectivity index (χ0) is 17.5. The number of aryl methyl sites for hydroxylation is 1. The van der Waals surface area contributed by atoms with Crippen molar-refractivity contribution in [2.45, 2.75) is 30.2 Å². The van der Waals surface area contributed by atoms with Crippen LogP contribution in [0.4, 0.5) is 0 Å². The highest BCUT2D eigenvalue weighted by Gasteiger charge is 2.20. The summed E-state index contributed by atoms with van der Waals surface area (Å²) in [4.78, 5) is 21.1. The Kier molecular flexibility index (Phi) is 3.71. The van der Waals surface area contributed by atoms with Crippen LogP contribution in [0.5, 0.6) is 0 Å². The summed E-state index contributed by atoms with van der Waals surface area (Å²) in [5.74, 6) is 1.51. The molecule has 5 nitrogen and oxygen atoms in total. The molecule has 2 aromatic heterocycles. The van der Waals surface area contributed by atoms with E-state index in [1.165, 1.54) is 16.3 Å². The van der Waals surface area contributed by atoms with Gasteiger partial charge in [0, 0.05) is 18.4 Å². The van der Waals surface area contributed by atoms with Crippen molar-refractivity contribution in [1.29, 1.82) is 0 Å². The van der Waals surface area contributed by atoms with Crippen molar-refractivity contribution in [2.75, 3.05) is 0 Å². The van der Waals surface area contributed by atoms with Crippen molar-refractivity contribution in [3.63, 3.8) is 0 Å². The molecule has 0 fully saturated rings. The van der Waals surface area contributed by atoms with E-state index in [2.05, 4.69) is 57.5 Å². The van der Waals surface area contributed by atoms with E-state index >= 15 is 0 Å². The van der Waals surface area contributed by atoms with Crippen LogP contribution in [0.15, 0.2) is 53.8 Å². The molecule has 1 aliphatic carbocycles. The van der Waals surface area contributed by atoms with Crippen LogP contribution < -0.4 is 0 Å². The molecule has 0 aliphatic heterocycles. The average molecular weight is 360 g/mol. The van der Waals surface area contributed by atoms with Crippen LogP contribution in [0, 0.1) is 0 Å². The van der Waals surface area contributed by atoms with E-state index in [0.717, 1.165) is 24.3 Å². The number of nitrogens with zero attached hydrogens (tertiary/aromatic N) is 4. The minimum atomic E-state index is 0.154. The Labute approximate surface area is 154 Å². The van der Waals surface area contributed by atoms with Gasteiger partial charge in [0.1, 0.15) is 0 Å². The lowest BCUT2D eigenvalue weighted by Gasteiger charge is -2.12. The molecule has 26 heavy (non-hydrogen) atoms. The summed E-state index contributed by atoms with van der Waals surface area (Å²) < 4.78 is 1.63. The summed E-state index contributed by atoms with van der Waals surface area (Å²) in [6.07, 6.45) is 4.08. The highest BCUT2D eigenvalue weighted by molar-refractivity contribution is 7.98. The molecule has 1 aliphatic rings. The van der Waals surface area contributed by atoms with E-state index < -0.39 is 0 Å². The van der Waals surface area contributed by atoms with E-state index in [-0.39, 0.29) is 5.78 Å². The Bertz CT molecular complexity index is 1150. The maximum Gasteiger partial charge on any atom is 0.253 e. The maximum atomic E-state index is 12.1. The van der Waals surface area contributed by atoms with Gasteiger partial charge in [-0.3, -0.25) is 4.79 Å². The van der Waals surface area contributed by atoms with Gasteiger partial charge >= 0.3 is 0 Å². The molecule has 0 bridgehead atoms. The van der Waals surface area contributed by atoms with Gasteiger partial charge in [-0.2, -0.15) is 4.98 Å². The van der Waals surface area contributed by atoms with Crippen LogP contribution >= 0.6 is 11.8 Å². The van der Waals surface area contributed by atoms with Gasteiger partial charge in [0.05, 0.1) is 11.3 Å². The zero-order valence-corrected chi connectivity index (χ0v) is 14.9. The number of hydrogen-bond donors (Lipinski definition) is 0. The Hall–Kier alpha value is -2.73. The van der Waals surface area contributed by atoms with E-state index in [0.29, 0.717) is 22.9 Å². The number of hydrogen-bond acceptors (Lipinski definition) is 5. The molecule has 5 rings (SSSR count). The minimum Gasteiger partial charge on any atom is -0.294 e. The largest absolute Gasteiger partial charge is 0.294 e. The quantitative estimate of drug-likeness (QED) is 0.515. The minimum absolute atomic E-state index is 0.154. The van der Waals surface area contributed by atoms with Gasteiger partial charge in [0.15, 0.2) is 5.78 Å². The van der Waals surface area contributed by atoms with Crippen molar-refractivity contribution in [2.24, 2.45) is 0 Å². The molecule has 0 radical (unpaired) electrons. The fraction of sp³-hybridized carbons (Fsp3) is 0.200. The first-order valence-electron chi connectivity index (χ1n) is 8.67. The van der Waals surface area contributed by atoms with Crippen molar-refractivity contribution < 1.29 is 4.79 Å². The second kappa shape index (κ2) is 6.21. The van der Waals surface area contributed by atoms with Crippen molar-refractivity contribution in [3.05, 3.63) is 65.5 Å². The number of fused-ring (bicyclic) bond motifs is 3. The summed E-state index contributed by atoms with van der Waals surface area (Å²) in [6.45, 7) is 0. The lowest BCUT2D eigenvalue weighted by atomic mass is 9.96. The summed E-state index contributed by atoms with van der Waals surface area (Å²) in [5.41, 5.74) is 2.81. The van der Waals surface area contributed by atoms with Gasteiger partial charge in [0.2, 0.25) is 5.16 Å². The number of carbonyl (C=O) groups is 1. The molecule has 0 N–H and O–H groups in total. The third kappa shape index (κ3) is 2.66. The molecule has 0 spiro atoms. The van der Waals surface area contributed by atoms with E-state index in [4.69, 9.17) is 0 Å². The highest BCUT2D eigenvalue weighted by atomic mass is 32.2. The van der Waals surface area contributed by atoms with Crippen LogP contribution in [-0.2, 0) is 12.2 Å². The topological polar surface area (TPSA) is 60.2 Å². The number of aromatic nitrogens is 4. The number of carbonyl (C=O) groups excluding carboxylic acids is 1. The molecule has 0 amide bonds. The third-order valence-electron chi connectivity index (χ3n) is 4.75. The summed E-state index contributed by atoms with van der Waals surface area (Å²) in [6, 6.07) is 14.7. The fourth-order valence-electron chi connectivity index (χ4n) is 3.43. The van der Waals surface area contributed by atoms with Crippen LogP contribution in [0.1, 0.15) is 34.5 Å². The van der Waals surface area contributed by atoms with Crippen LogP contribution in [0.2, 0.25) is 0 Å². The molecule has 2 aromatic carbocycles. The average Bonchev–Trinajstić information content (AvgIpc) is 3.07. The Balaban J connectivity index is 1.45. The molecule has 0 atom stereocenters. The van der Waals surface area contributed by atoms with Crippen LogP contribution in [0.25, 0.3) is 16.6 Å². The van der Waals surface area contributed by atoms with Gasteiger partial charge in [-0.25, -0.2) is 9.50 Å². The lowest BCUT2D eigenvalue weighted by molar-refractivity contribution is 0.0971. The van der Waals surface area contributed by atoms with E-state index in [1.807, 2.05) is 0 Å². The Morgan fingerprint density at radius 3 is 2.88 bits per heavy atom. The zero-order valence-electron chi connectivity index (χ0n) is 14.1. The number of Topliss-reactive ketones (excluding diaryl/α,β-unsaturated/α-hetero) is 1. The molecular formula is C20H16N4OS. The molecular weight excluding hydrogens is 344 g/mol. The van der Waals surface area contributed by atoms with Gasteiger partial charge < -0.3 is 0 Å². The second-order valence-electron chi connectivity index (χ2n) is 6.44. The molecule has 2 heterocycles. The van der Waals surface area contributed by atoms with Crippen LogP contribution in [0.3, 0.4) is 0 Å². The fourth-order valence-corrected chi connectivity index (χ4v) is 4.26. The summed E-state index contributed by atoms with van der Waals surface area (Å²) in [5, 5.41) is 7.68. The smallest absolute Gasteiger partial charge is 0.253 e. The first-order valence-corrected chi connectivity index (χ1v) is 9.65. The normalized spacial score (nSPS) is 14.1. The van der Waals surface area contributed by atoms with Crippen molar-refractivity contribution >= 4 is 34.1 Å². The van der Waals surface area contributed by atoms with Gasteiger partial charge in [0.25, 0.3) is 5.78 Å². The lowest BCUT2D eigenvalue weighted by Crippen LogP contribution is -2.14. The molecule has 128 valence electrons. The predicted octanol–water partition coefficient (Wildman–Crippen LogP) is 4.09. The molecule has 4 aromatic rings. The van der Waals surface area contributed by atoms with Crippen molar-refractivity contribution in [3.8, 4) is 0 Å². The first-order chi connectivity index (χ1) is 12.8. The highest BCUT2D eigenvalue weighted by Crippen LogP contribution is 2.26. The number of thioether (sulfide) groups is 1. The first kappa shape index (κ1) is 15.5. The Morgan fingerprint density at radius 1 is 1.04 bits per heavy atom. The van der Waals surface area contributed by atoms with Gasteiger partial charge in [-0.15, -0.1) is 5.10 Å². The van der Waals surface area contributed by atoms with E-state index in [1.54, 1.807) is 22.5 Å². The third-order valence-corrected chi connectivity index (χ3v) is 5.63. The molecule has 0 unspecified atom stereocenters. The predicted molar refractivity (Wildman–Crippen MR) is 102 cm³/mol. The number of rotatable bonds is 3. The summed E-state index contributed by atoms with van der Waals surface area (Å²) >= 11 is 1.59. The van der Waals surface area contributed by atoms with Crippen molar-refractivity contribution in [1.82, 2.24) is 19.6 Å². The summed E-state index contributed by atoms with van der Waals surface area (Å²) in [7, 11) is 0. The molecule has 0 saturated carbocycles. The molecule has 0 saturated heterocycles. The number of benzene rings is 2. The number of ketones is 1. The standard InChI is InChI=1S/C20H16N4OS/c25-18-10-4-9-17-16(18)11-24-19(21-17)22-20(23-24)26-12-14-7-3-6-13-5-1-2-8-15(13)14/h1-3,5-8,11H,4,9-10,12H2. The van der Waals surface area contributed by atoms with Gasteiger partial charge in [-0.1, -0.05) is 54.2 Å².